The molecule has 1 unspecified atom stereocenters. The number of rotatable bonds is 0. The molecule has 2 aliphatic rings. The molecular formula is C10H12O3. The van der Waals surface area contributed by atoms with Crippen LogP contribution >= 0.6 is 0 Å². The maximum Gasteiger partial charge on any atom is 0.381 e. The maximum atomic E-state index is 10.2. The normalized spacial score (nSPS) is 29.1. The van der Waals surface area contributed by atoms with Crippen LogP contribution in [0.2, 0.25) is 0 Å². The second-order valence-electron chi connectivity index (χ2n) is 3.81. The fourth-order valence-electron chi connectivity index (χ4n) is 2.03. The van der Waals surface area contributed by atoms with E-state index in [9.17, 15) is 4.79 Å². The SMILES string of the molecule is O=C(O)C#CC1CC12CCOCC2. The van der Waals surface area contributed by atoms with Gasteiger partial charge in [0.05, 0.1) is 0 Å². The minimum Gasteiger partial charge on any atom is -0.472 e. The molecule has 1 N–H and O–H groups in total. The van der Waals surface area contributed by atoms with Gasteiger partial charge in [0.15, 0.2) is 0 Å². The van der Waals surface area contributed by atoms with Gasteiger partial charge in [0.25, 0.3) is 0 Å². The van der Waals surface area contributed by atoms with Crippen LogP contribution in [-0.2, 0) is 9.53 Å². The molecule has 2 rings (SSSR count). The van der Waals surface area contributed by atoms with Crippen molar-refractivity contribution in [2.45, 2.75) is 19.3 Å². The van der Waals surface area contributed by atoms with Crippen LogP contribution in [0.5, 0.6) is 0 Å². The molecule has 1 saturated heterocycles. The molecule has 0 aromatic rings. The molecule has 70 valence electrons. The number of carboxylic acids is 1. The molecule has 0 bridgehead atoms. The van der Waals surface area contributed by atoms with Crippen LogP contribution in [0.4, 0.5) is 0 Å². The van der Waals surface area contributed by atoms with E-state index in [0.29, 0.717) is 11.3 Å². The van der Waals surface area contributed by atoms with Gasteiger partial charge >= 0.3 is 5.97 Å². The number of ether oxygens (including phenoxy) is 1. The number of aliphatic carboxylic acids is 1. The summed E-state index contributed by atoms with van der Waals surface area (Å²) in [5, 5.41) is 8.38. The Morgan fingerprint density at radius 3 is 2.77 bits per heavy atom. The van der Waals surface area contributed by atoms with Crippen molar-refractivity contribution >= 4 is 5.97 Å². The highest BCUT2D eigenvalue weighted by atomic mass is 16.5. The van der Waals surface area contributed by atoms with Gasteiger partial charge in [-0.25, -0.2) is 4.79 Å². The van der Waals surface area contributed by atoms with E-state index in [2.05, 4.69) is 11.8 Å². The molecule has 0 aromatic carbocycles. The first-order valence-electron chi connectivity index (χ1n) is 4.55. The van der Waals surface area contributed by atoms with E-state index in [1.54, 1.807) is 0 Å². The molecule has 0 aromatic heterocycles. The van der Waals surface area contributed by atoms with Crippen LogP contribution in [0.3, 0.4) is 0 Å². The summed E-state index contributed by atoms with van der Waals surface area (Å²) in [4.78, 5) is 10.2. The van der Waals surface area contributed by atoms with Crippen LogP contribution in [0.1, 0.15) is 19.3 Å². The molecule has 1 spiro atoms. The monoisotopic (exact) mass is 180 g/mol. The molecule has 1 aliphatic heterocycles. The van der Waals surface area contributed by atoms with Crippen molar-refractivity contribution in [3.63, 3.8) is 0 Å². The van der Waals surface area contributed by atoms with Crippen molar-refractivity contribution in [3.8, 4) is 11.8 Å². The Balaban J connectivity index is 1.94. The Kier molecular flexibility index (Phi) is 2.01. The first-order chi connectivity index (χ1) is 6.23. The van der Waals surface area contributed by atoms with Crippen LogP contribution in [-0.4, -0.2) is 24.3 Å². The van der Waals surface area contributed by atoms with E-state index in [4.69, 9.17) is 9.84 Å². The molecule has 1 atom stereocenters. The molecule has 2 fully saturated rings. The van der Waals surface area contributed by atoms with Crippen LogP contribution in [0.15, 0.2) is 0 Å². The fraction of sp³-hybridized carbons (Fsp3) is 0.700. The second kappa shape index (κ2) is 3.04. The summed E-state index contributed by atoms with van der Waals surface area (Å²) in [6.45, 7) is 1.62. The zero-order valence-electron chi connectivity index (χ0n) is 7.38. The minimum atomic E-state index is -1.02. The average Bonchev–Trinajstić information content (AvgIpc) is 2.77. The number of hydrogen-bond donors (Lipinski definition) is 1. The third-order valence-corrected chi connectivity index (χ3v) is 3.03. The Morgan fingerprint density at radius 2 is 2.15 bits per heavy atom. The van der Waals surface area contributed by atoms with Gasteiger partial charge in [-0.3, -0.25) is 0 Å². The summed E-state index contributed by atoms with van der Waals surface area (Å²) in [7, 11) is 0. The van der Waals surface area contributed by atoms with Gasteiger partial charge in [-0.05, 0) is 24.7 Å². The van der Waals surface area contributed by atoms with Crippen molar-refractivity contribution in [2.75, 3.05) is 13.2 Å². The van der Waals surface area contributed by atoms with Crippen molar-refractivity contribution in [2.24, 2.45) is 11.3 Å². The highest BCUT2D eigenvalue weighted by Gasteiger charge is 2.53. The van der Waals surface area contributed by atoms with Crippen molar-refractivity contribution in [3.05, 3.63) is 0 Å². The summed E-state index contributed by atoms with van der Waals surface area (Å²) in [5.41, 5.74) is 0.320. The third-order valence-electron chi connectivity index (χ3n) is 3.03. The van der Waals surface area contributed by atoms with Gasteiger partial charge in [-0.1, -0.05) is 5.92 Å². The van der Waals surface area contributed by atoms with Gasteiger partial charge in [0.2, 0.25) is 0 Å². The minimum absolute atomic E-state index is 0.312. The Morgan fingerprint density at radius 1 is 1.46 bits per heavy atom. The van der Waals surface area contributed by atoms with Gasteiger partial charge in [0, 0.05) is 25.1 Å². The topological polar surface area (TPSA) is 46.5 Å². The molecule has 13 heavy (non-hydrogen) atoms. The standard InChI is InChI=1S/C10H12O3/c11-9(12)2-1-8-7-10(8)3-5-13-6-4-10/h8H,3-7H2,(H,11,12). The third kappa shape index (κ3) is 1.68. The first-order valence-corrected chi connectivity index (χ1v) is 4.55. The van der Waals surface area contributed by atoms with E-state index < -0.39 is 5.97 Å². The number of carbonyl (C=O) groups is 1. The van der Waals surface area contributed by atoms with Crippen LogP contribution in [0.25, 0.3) is 0 Å². The Bertz CT molecular complexity index is 278. The molecular weight excluding hydrogens is 168 g/mol. The Labute approximate surface area is 77.1 Å². The molecule has 1 heterocycles. The zero-order chi connectivity index (χ0) is 9.31. The van der Waals surface area contributed by atoms with Crippen molar-refractivity contribution in [1.82, 2.24) is 0 Å². The van der Waals surface area contributed by atoms with E-state index in [-0.39, 0.29) is 0 Å². The second-order valence-corrected chi connectivity index (χ2v) is 3.81. The van der Waals surface area contributed by atoms with Crippen molar-refractivity contribution in [1.29, 1.82) is 0 Å². The molecule has 0 amide bonds. The molecule has 1 saturated carbocycles. The van der Waals surface area contributed by atoms with Gasteiger partial charge < -0.3 is 9.84 Å². The van der Waals surface area contributed by atoms with Gasteiger partial charge in [0.1, 0.15) is 0 Å². The summed E-state index contributed by atoms with van der Waals surface area (Å²) in [6.07, 6.45) is 3.16. The summed E-state index contributed by atoms with van der Waals surface area (Å²) in [5.74, 6) is 4.31. The highest BCUT2D eigenvalue weighted by Crippen LogP contribution is 2.58. The molecule has 0 radical (unpaired) electrons. The number of carboxylic acid groups (broad SMARTS) is 1. The van der Waals surface area contributed by atoms with E-state index >= 15 is 0 Å². The summed E-state index contributed by atoms with van der Waals surface area (Å²) < 4.78 is 5.25. The smallest absolute Gasteiger partial charge is 0.381 e. The summed E-state index contributed by atoms with van der Waals surface area (Å²) in [6, 6.07) is 0. The lowest BCUT2D eigenvalue weighted by Crippen LogP contribution is -2.18. The van der Waals surface area contributed by atoms with Gasteiger partial charge in [-0.15, -0.1) is 0 Å². The largest absolute Gasteiger partial charge is 0.472 e. The predicted molar refractivity (Wildman–Crippen MR) is 46.0 cm³/mol. The number of hydrogen-bond acceptors (Lipinski definition) is 2. The fourth-order valence-corrected chi connectivity index (χ4v) is 2.03. The van der Waals surface area contributed by atoms with Crippen LogP contribution < -0.4 is 0 Å². The van der Waals surface area contributed by atoms with E-state index in [0.717, 1.165) is 32.5 Å². The van der Waals surface area contributed by atoms with Crippen molar-refractivity contribution < 1.29 is 14.6 Å². The van der Waals surface area contributed by atoms with E-state index in [1.807, 2.05) is 0 Å². The molecule has 3 heteroatoms. The molecule has 3 nitrogen and oxygen atoms in total. The predicted octanol–water partition coefficient (Wildman–Crippen LogP) is 0.891. The molecule has 1 aliphatic carbocycles. The average molecular weight is 180 g/mol. The zero-order valence-corrected chi connectivity index (χ0v) is 7.38. The van der Waals surface area contributed by atoms with E-state index in [1.165, 1.54) is 0 Å². The van der Waals surface area contributed by atoms with Crippen LogP contribution in [0, 0.1) is 23.2 Å². The summed E-state index contributed by atoms with van der Waals surface area (Å²) >= 11 is 0. The maximum absolute atomic E-state index is 10.2. The lowest BCUT2D eigenvalue weighted by Gasteiger charge is -2.21. The van der Waals surface area contributed by atoms with Gasteiger partial charge in [-0.2, -0.15) is 0 Å². The highest BCUT2D eigenvalue weighted by molar-refractivity contribution is 5.86. The quantitative estimate of drug-likeness (QED) is 0.563. The lowest BCUT2D eigenvalue weighted by atomic mass is 9.94. The Hall–Kier alpha value is -1.01. The lowest BCUT2D eigenvalue weighted by molar-refractivity contribution is -0.130. The first kappa shape index (κ1) is 8.58.